The average molecular weight is 420 g/mol. The number of carbonyl (C=O) groups is 1. The molecule has 0 saturated carbocycles. The minimum atomic E-state index is -4.49. The van der Waals surface area contributed by atoms with Gasteiger partial charge in [-0.25, -0.2) is 0 Å². The Balaban J connectivity index is 1.95. The number of alkyl halides is 5. The number of aliphatic hydroxyl groups excluding tert-OH is 1. The Labute approximate surface area is 164 Å². The van der Waals surface area contributed by atoms with E-state index in [-0.39, 0.29) is 12.5 Å². The summed E-state index contributed by atoms with van der Waals surface area (Å²) in [6.45, 7) is 1.28. The van der Waals surface area contributed by atoms with Crippen LogP contribution >= 0.6 is 0 Å². The quantitative estimate of drug-likeness (QED) is 0.596. The van der Waals surface area contributed by atoms with Gasteiger partial charge < -0.3 is 14.7 Å². The van der Waals surface area contributed by atoms with Gasteiger partial charge in [0.1, 0.15) is 12.9 Å². The molecular formula is C19H21F5N2O3. The lowest BCUT2D eigenvalue weighted by Gasteiger charge is -2.48. The van der Waals surface area contributed by atoms with E-state index in [9.17, 15) is 26.7 Å². The Morgan fingerprint density at radius 1 is 1.21 bits per heavy atom. The van der Waals surface area contributed by atoms with Crippen molar-refractivity contribution in [3.63, 3.8) is 0 Å². The second-order valence-corrected chi connectivity index (χ2v) is 7.27. The van der Waals surface area contributed by atoms with E-state index in [0.717, 1.165) is 12.1 Å². The summed E-state index contributed by atoms with van der Waals surface area (Å²) in [4.78, 5) is 14.5. The maximum atomic E-state index is 14.2. The van der Waals surface area contributed by atoms with Gasteiger partial charge >= 0.3 is 12.2 Å². The normalized spacial score (nSPS) is 24.0. The molecule has 2 aliphatic heterocycles. The largest absolute Gasteiger partial charge is 0.496 e. The van der Waals surface area contributed by atoms with Crippen molar-refractivity contribution in [2.75, 3.05) is 13.3 Å². The fourth-order valence-corrected chi connectivity index (χ4v) is 3.59. The predicted octanol–water partition coefficient (Wildman–Crippen LogP) is 3.72. The topological polar surface area (TPSA) is 53.0 Å². The molecule has 5 nitrogen and oxygen atoms in total. The second-order valence-electron chi connectivity index (χ2n) is 7.27. The van der Waals surface area contributed by atoms with E-state index in [2.05, 4.69) is 0 Å². The molecule has 1 N–H and O–H groups in total. The molecule has 0 aromatic heterocycles. The van der Waals surface area contributed by atoms with Crippen molar-refractivity contribution < 1.29 is 36.6 Å². The van der Waals surface area contributed by atoms with Gasteiger partial charge in [-0.2, -0.15) is 22.0 Å². The van der Waals surface area contributed by atoms with E-state index in [4.69, 9.17) is 9.84 Å². The number of hydrogen-bond acceptors (Lipinski definition) is 4. The number of benzene rings is 1. The van der Waals surface area contributed by atoms with Crippen LogP contribution in [0.3, 0.4) is 0 Å². The first-order chi connectivity index (χ1) is 13.5. The molecule has 1 aromatic rings. The van der Waals surface area contributed by atoms with E-state index in [0.29, 0.717) is 16.2 Å². The van der Waals surface area contributed by atoms with Crippen molar-refractivity contribution in [2.24, 2.45) is 5.92 Å². The maximum Gasteiger partial charge on any atom is 0.416 e. The number of carbonyl (C=O) groups excluding carboxylic acids is 1. The van der Waals surface area contributed by atoms with E-state index >= 15 is 0 Å². The first-order valence-electron chi connectivity index (χ1n) is 9.05. The smallest absolute Gasteiger partial charge is 0.416 e. The number of nitrogens with zero attached hydrogens (tertiary/aromatic N) is 2. The first kappa shape index (κ1) is 21.4. The van der Waals surface area contributed by atoms with Crippen molar-refractivity contribution in [1.29, 1.82) is 0 Å². The maximum absolute atomic E-state index is 14.2. The molecule has 0 spiro atoms. The molecule has 0 aliphatic carbocycles. The number of halogens is 5. The lowest BCUT2D eigenvalue weighted by atomic mass is 9.90. The minimum absolute atomic E-state index is 0.179. The van der Waals surface area contributed by atoms with Crippen LogP contribution in [0.4, 0.5) is 22.0 Å². The highest BCUT2D eigenvalue weighted by Crippen LogP contribution is 2.41. The summed E-state index contributed by atoms with van der Waals surface area (Å²) in [5, 5.41) is 9.05. The lowest BCUT2D eigenvalue weighted by Crippen LogP contribution is -2.60. The van der Waals surface area contributed by atoms with Crippen LogP contribution in [-0.4, -0.2) is 46.2 Å². The zero-order valence-electron chi connectivity index (χ0n) is 15.8. The molecule has 1 aromatic carbocycles. The molecule has 10 heteroatoms. The van der Waals surface area contributed by atoms with Gasteiger partial charge in [0.15, 0.2) is 0 Å². The molecule has 29 heavy (non-hydrogen) atoms. The van der Waals surface area contributed by atoms with E-state index in [1.54, 1.807) is 13.8 Å². The zero-order valence-corrected chi connectivity index (χ0v) is 15.8. The molecule has 2 aliphatic rings. The van der Waals surface area contributed by atoms with Crippen LogP contribution in [0.2, 0.25) is 0 Å². The van der Waals surface area contributed by atoms with E-state index < -0.39 is 48.9 Å². The van der Waals surface area contributed by atoms with E-state index in [1.807, 2.05) is 0 Å². The van der Waals surface area contributed by atoms with Crippen molar-refractivity contribution in [3.8, 4) is 0 Å². The van der Waals surface area contributed by atoms with Gasteiger partial charge in [-0.05, 0) is 31.5 Å². The van der Waals surface area contributed by atoms with Gasteiger partial charge in [0.05, 0.1) is 36.0 Å². The third-order valence-corrected chi connectivity index (χ3v) is 5.31. The highest BCUT2D eigenvalue weighted by atomic mass is 19.4. The second kappa shape index (κ2) is 7.47. The van der Waals surface area contributed by atoms with Crippen molar-refractivity contribution in [2.45, 2.75) is 44.6 Å². The first-order valence-corrected chi connectivity index (χ1v) is 9.05. The SMILES string of the molecule is CC1C[C@@H]2C(=O)N(C(F)(F)CO)CN(C(C)c3ccc(C(F)(F)F)cc3)C2=CO1. The molecule has 0 radical (unpaired) electrons. The monoisotopic (exact) mass is 420 g/mol. The van der Waals surface area contributed by atoms with Gasteiger partial charge in [-0.1, -0.05) is 12.1 Å². The fourth-order valence-electron chi connectivity index (χ4n) is 3.59. The van der Waals surface area contributed by atoms with Gasteiger partial charge in [0, 0.05) is 6.42 Å². The third kappa shape index (κ3) is 4.03. The number of hydrogen-bond donors (Lipinski definition) is 1. The third-order valence-electron chi connectivity index (χ3n) is 5.31. The molecule has 1 amide bonds. The summed E-state index contributed by atoms with van der Waals surface area (Å²) < 4.78 is 72.3. The summed E-state index contributed by atoms with van der Waals surface area (Å²) in [7, 11) is 0. The highest BCUT2D eigenvalue weighted by molar-refractivity contribution is 5.83. The lowest BCUT2D eigenvalue weighted by molar-refractivity contribution is -0.208. The Hall–Kier alpha value is -2.36. The number of aliphatic hydroxyl groups is 1. The summed E-state index contributed by atoms with van der Waals surface area (Å²) in [5.74, 6) is -1.71. The zero-order chi connectivity index (χ0) is 21.6. The number of ether oxygens (including phenoxy) is 1. The van der Waals surface area contributed by atoms with Crippen LogP contribution in [0, 0.1) is 5.92 Å². The van der Waals surface area contributed by atoms with Crippen molar-refractivity contribution in [3.05, 3.63) is 47.4 Å². The highest BCUT2D eigenvalue weighted by Gasteiger charge is 2.50. The van der Waals surface area contributed by atoms with Crippen LogP contribution in [0.1, 0.15) is 37.4 Å². The molecule has 1 fully saturated rings. The fraction of sp³-hybridized carbons (Fsp3) is 0.526. The summed E-state index contributed by atoms with van der Waals surface area (Å²) in [5.41, 5.74) is 0.0333. The van der Waals surface area contributed by atoms with Gasteiger partial charge in [-0.3, -0.25) is 9.69 Å². The Bertz CT molecular complexity index is 794. The number of fused-ring (bicyclic) bond motifs is 1. The van der Waals surface area contributed by atoms with Crippen LogP contribution in [0.15, 0.2) is 36.2 Å². The molecule has 2 unspecified atom stereocenters. The molecule has 2 heterocycles. The molecule has 160 valence electrons. The van der Waals surface area contributed by atoms with E-state index in [1.165, 1.54) is 23.3 Å². The molecule has 0 bridgehead atoms. The van der Waals surface area contributed by atoms with Gasteiger partial charge in [-0.15, -0.1) is 0 Å². The average Bonchev–Trinajstić information content (AvgIpc) is 2.67. The van der Waals surface area contributed by atoms with Crippen LogP contribution in [0.5, 0.6) is 0 Å². The van der Waals surface area contributed by atoms with Crippen LogP contribution in [-0.2, 0) is 15.7 Å². The standard InChI is InChI=1S/C19H21F5N2O3/c1-11-7-15-16(8-29-11)25(10-26(17(15)28)18(20,21)9-27)12(2)13-3-5-14(6-4-13)19(22,23)24/h3-6,8,11-12,15,27H,7,9-10H2,1-2H3/t11?,12?,15-/m0/s1. The number of amides is 1. The van der Waals surface area contributed by atoms with Crippen LogP contribution in [0.25, 0.3) is 0 Å². The molecule has 1 saturated heterocycles. The van der Waals surface area contributed by atoms with Crippen molar-refractivity contribution >= 4 is 5.91 Å². The van der Waals surface area contributed by atoms with Crippen LogP contribution < -0.4 is 0 Å². The summed E-state index contributed by atoms with van der Waals surface area (Å²) >= 11 is 0. The summed E-state index contributed by atoms with van der Waals surface area (Å²) in [6, 6.07) is 0.0230. The van der Waals surface area contributed by atoms with Gasteiger partial charge in [0.2, 0.25) is 5.91 Å². The molecule has 3 rings (SSSR count). The molecular weight excluding hydrogens is 399 g/mol. The van der Waals surface area contributed by atoms with Crippen molar-refractivity contribution in [1.82, 2.24) is 9.80 Å². The Morgan fingerprint density at radius 2 is 1.83 bits per heavy atom. The Morgan fingerprint density at radius 3 is 2.38 bits per heavy atom. The predicted molar refractivity (Wildman–Crippen MR) is 92.2 cm³/mol. The summed E-state index contributed by atoms with van der Waals surface area (Å²) in [6.07, 6.45) is -3.32. The molecule has 3 atom stereocenters. The Kier molecular flexibility index (Phi) is 5.50. The number of rotatable bonds is 4. The minimum Gasteiger partial charge on any atom is -0.496 e. The van der Waals surface area contributed by atoms with Gasteiger partial charge in [0.25, 0.3) is 0 Å².